The van der Waals surface area contributed by atoms with Gasteiger partial charge in [-0.05, 0) is 6.92 Å². The maximum absolute atomic E-state index is 11.2. The first-order valence-corrected chi connectivity index (χ1v) is 4.34. The van der Waals surface area contributed by atoms with Crippen LogP contribution in [0.2, 0.25) is 0 Å². The quantitative estimate of drug-likeness (QED) is 0.580. The van der Waals surface area contributed by atoms with Gasteiger partial charge in [-0.3, -0.25) is 4.79 Å². The first-order valence-electron chi connectivity index (χ1n) is 4.34. The Hall–Kier alpha value is -1.79. The number of aliphatic carboxylic acids is 2. The summed E-state index contributed by atoms with van der Waals surface area (Å²) in [5.41, 5.74) is 0. The highest BCUT2D eigenvalue weighted by Gasteiger charge is 2.23. The molecule has 0 aromatic rings. The zero-order chi connectivity index (χ0) is 12.0. The van der Waals surface area contributed by atoms with Gasteiger partial charge in [0.05, 0.1) is 6.42 Å². The molecule has 0 aliphatic carbocycles. The SMILES string of the molecule is CCN(C)C(=O)NC(CC(=O)O)C(=O)O. The number of hydrogen-bond donors (Lipinski definition) is 3. The summed E-state index contributed by atoms with van der Waals surface area (Å²) in [4.78, 5) is 33.4. The number of rotatable bonds is 5. The Balaban J connectivity index is 4.35. The van der Waals surface area contributed by atoms with Crippen LogP contribution >= 0.6 is 0 Å². The average molecular weight is 218 g/mol. The second kappa shape index (κ2) is 5.84. The van der Waals surface area contributed by atoms with Crippen LogP contribution in [0.15, 0.2) is 0 Å². The van der Waals surface area contributed by atoms with Crippen LogP contribution in [0.4, 0.5) is 4.79 Å². The molecule has 0 fully saturated rings. The van der Waals surface area contributed by atoms with E-state index in [-0.39, 0.29) is 0 Å². The number of carboxylic acids is 2. The van der Waals surface area contributed by atoms with Crippen LogP contribution in [0.3, 0.4) is 0 Å². The molecule has 86 valence electrons. The molecule has 0 aliphatic rings. The molecule has 0 saturated heterocycles. The van der Waals surface area contributed by atoms with Gasteiger partial charge in [-0.15, -0.1) is 0 Å². The fourth-order valence-electron chi connectivity index (χ4n) is 0.778. The molecule has 2 amide bonds. The van der Waals surface area contributed by atoms with Crippen molar-refractivity contribution in [3.05, 3.63) is 0 Å². The Labute approximate surface area is 86.7 Å². The second-order valence-electron chi connectivity index (χ2n) is 2.95. The van der Waals surface area contributed by atoms with Gasteiger partial charge >= 0.3 is 18.0 Å². The average Bonchev–Trinajstić information content (AvgIpc) is 2.14. The van der Waals surface area contributed by atoms with E-state index in [1.807, 2.05) is 0 Å². The number of carboxylic acid groups (broad SMARTS) is 2. The molecule has 0 spiro atoms. The standard InChI is InChI=1S/C8H14N2O5/c1-3-10(2)8(15)9-5(7(13)14)4-6(11)12/h5H,3-4H2,1-2H3,(H,9,15)(H,11,12)(H,13,14). The first kappa shape index (κ1) is 13.2. The van der Waals surface area contributed by atoms with Crippen LogP contribution < -0.4 is 5.32 Å². The number of carbonyl (C=O) groups is 3. The normalized spacial score (nSPS) is 11.6. The lowest BCUT2D eigenvalue weighted by Crippen LogP contribution is -2.47. The van der Waals surface area contributed by atoms with Gasteiger partial charge in [-0.1, -0.05) is 0 Å². The van der Waals surface area contributed by atoms with Crippen LogP contribution in [0.5, 0.6) is 0 Å². The summed E-state index contributed by atoms with van der Waals surface area (Å²) >= 11 is 0. The fourth-order valence-corrected chi connectivity index (χ4v) is 0.778. The molecular weight excluding hydrogens is 204 g/mol. The highest BCUT2D eigenvalue weighted by Crippen LogP contribution is 1.94. The minimum absolute atomic E-state index is 0.408. The number of carbonyl (C=O) groups excluding carboxylic acids is 1. The zero-order valence-corrected chi connectivity index (χ0v) is 8.56. The van der Waals surface area contributed by atoms with Gasteiger partial charge in [0.1, 0.15) is 6.04 Å². The van der Waals surface area contributed by atoms with E-state index in [1.54, 1.807) is 6.92 Å². The van der Waals surface area contributed by atoms with Crippen molar-refractivity contribution >= 4 is 18.0 Å². The molecule has 7 nitrogen and oxygen atoms in total. The minimum atomic E-state index is -1.40. The number of hydrogen-bond acceptors (Lipinski definition) is 3. The molecule has 0 aromatic heterocycles. The summed E-state index contributed by atoms with van der Waals surface area (Å²) in [6.45, 7) is 2.12. The van der Waals surface area contributed by atoms with Gasteiger partial charge in [0, 0.05) is 13.6 Å². The highest BCUT2D eigenvalue weighted by atomic mass is 16.4. The number of amides is 2. The van der Waals surface area contributed by atoms with E-state index in [2.05, 4.69) is 5.32 Å². The molecule has 0 bridgehead atoms. The molecule has 0 rings (SSSR count). The van der Waals surface area contributed by atoms with Crippen LogP contribution in [0.25, 0.3) is 0 Å². The van der Waals surface area contributed by atoms with Gasteiger partial charge in [0.25, 0.3) is 0 Å². The molecule has 3 N–H and O–H groups in total. The van der Waals surface area contributed by atoms with Gasteiger partial charge in [0.2, 0.25) is 0 Å². The first-order chi connectivity index (χ1) is 6.88. The van der Waals surface area contributed by atoms with Crippen molar-refractivity contribution in [1.29, 1.82) is 0 Å². The van der Waals surface area contributed by atoms with Crippen molar-refractivity contribution in [1.82, 2.24) is 10.2 Å². The van der Waals surface area contributed by atoms with Gasteiger partial charge < -0.3 is 20.4 Å². The van der Waals surface area contributed by atoms with E-state index in [9.17, 15) is 14.4 Å². The Morgan fingerprint density at radius 2 is 1.87 bits per heavy atom. The topological polar surface area (TPSA) is 107 Å². The molecule has 0 heterocycles. The Bertz CT molecular complexity index is 266. The number of urea groups is 1. The molecule has 7 heteroatoms. The largest absolute Gasteiger partial charge is 0.481 e. The van der Waals surface area contributed by atoms with Crippen LogP contribution in [0.1, 0.15) is 13.3 Å². The molecule has 15 heavy (non-hydrogen) atoms. The lowest BCUT2D eigenvalue weighted by atomic mass is 10.2. The van der Waals surface area contributed by atoms with E-state index in [1.165, 1.54) is 11.9 Å². The zero-order valence-electron chi connectivity index (χ0n) is 8.56. The lowest BCUT2D eigenvalue weighted by molar-refractivity contribution is -0.145. The summed E-state index contributed by atoms with van der Waals surface area (Å²) in [5.74, 6) is -2.64. The molecular formula is C8H14N2O5. The van der Waals surface area contributed by atoms with Crippen molar-refractivity contribution in [2.75, 3.05) is 13.6 Å². The van der Waals surface area contributed by atoms with Gasteiger partial charge in [-0.25, -0.2) is 9.59 Å². The van der Waals surface area contributed by atoms with Crippen molar-refractivity contribution < 1.29 is 24.6 Å². The second-order valence-corrected chi connectivity index (χ2v) is 2.95. The predicted octanol–water partition coefficient (Wildman–Crippen LogP) is -0.424. The molecule has 1 unspecified atom stereocenters. The molecule has 0 aliphatic heterocycles. The molecule has 0 aromatic carbocycles. The van der Waals surface area contributed by atoms with Crippen LogP contribution in [0, 0.1) is 0 Å². The van der Waals surface area contributed by atoms with E-state index in [0.717, 1.165) is 0 Å². The summed E-state index contributed by atoms with van der Waals surface area (Å²) < 4.78 is 0. The van der Waals surface area contributed by atoms with Gasteiger partial charge in [-0.2, -0.15) is 0 Å². The Morgan fingerprint density at radius 3 is 2.20 bits per heavy atom. The maximum Gasteiger partial charge on any atom is 0.326 e. The highest BCUT2D eigenvalue weighted by molar-refractivity contribution is 5.86. The predicted molar refractivity (Wildman–Crippen MR) is 50.5 cm³/mol. The van der Waals surface area contributed by atoms with Crippen molar-refractivity contribution in [3.63, 3.8) is 0 Å². The number of nitrogens with one attached hydrogen (secondary N) is 1. The summed E-state index contributed by atoms with van der Waals surface area (Å²) in [7, 11) is 1.48. The third-order valence-electron chi connectivity index (χ3n) is 1.80. The van der Waals surface area contributed by atoms with E-state index in [4.69, 9.17) is 10.2 Å². The van der Waals surface area contributed by atoms with Crippen LogP contribution in [-0.4, -0.2) is 52.7 Å². The minimum Gasteiger partial charge on any atom is -0.481 e. The molecule has 0 saturated carbocycles. The van der Waals surface area contributed by atoms with Crippen molar-refractivity contribution in [2.45, 2.75) is 19.4 Å². The molecule has 0 radical (unpaired) electrons. The van der Waals surface area contributed by atoms with E-state index >= 15 is 0 Å². The Kier molecular flexibility index (Phi) is 5.14. The lowest BCUT2D eigenvalue weighted by Gasteiger charge is -2.18. The summed E-state index contributed by atoms with van der Waals surface area (Å²) in [5, 5.41) is 19.1. The third kappa shape index (κ3) is 4.84. The van der Waals surface area contributed by atoms with Gasteiger partial charge in [0.15, 0.2) is 0 Å². The summed E-state index contributed by atoms with van der Waals surface area (Å²) in [6.07, 6.45) is -0.640. The molecule has 1 atom stereocenters. The van der Waals surface area contributed by atoms with Crippen molar-refractivity contribution in [2.24, 2.45) is 0 Å². The maximum atomic E-state index is 11.2. The monoisotopic (exact) mass is 218 g/mol. The van der Waals surface area contributed by atoms with Crippen molar-refractivity contribution in [3.8, 4) is 0 Å². The van der Waals surface area contributed by atoms with E-state index in [0.29, 0.717) is 6.54 Å². The Morgan fingerprint density at radius 1 is 1.33 bits per heavy atom. The smallest absolute Gasteiger partial charge is 0.326 e. The van der Waals surface area contributed by atoms with E-state index < -0.39 is 30.4 Å². The van der Waals surface area contributed by atoms with Crippen LogP contribution in [-0.2, 0) is 9.59 Å². The number of nitrogens with zero attached hydrogens (tertiary/aromatic N) is 1. The third-order valence-corrected chi connectivity index (χ3v) is 1.80. The fraction of sp³-hybridized carbons (Fsp3) is 0.625. The summed E-state index contributed by atoms with van der Waals surface area (Å²) in [6, 6.07) is -2.00.